The van der Waals surface area contributed by atoms with E-state index in [-0.39, 0.29) is 5.91 Å². The molecule has 3 aromatic rings. The van der Waals surface area contributed by atoms with Crippen molar-refractivity contribution >= 4 is 17.5 Å². The number of nitrogens with zero attached hydrogens (tertiary/aromatic N) is 5. The molecule has 1 aromatic carbocycles. The Morgan fingerprint density at radius 2 is 1.87 bits per heavy atom. The maximum Gasteiger partial charge on any atom is 0.255 e. The number of benzene rings is 1. The van der Waals surface area contributed by atoms with Gasteiger partial charge < -0.3 is 19.5 Å². The summed E-state index contributed by atoms with van der Waals surface area (Å²) >= 11 is 0. The van der Waals surface area contributed by atoms with Crippen LogP contribution in [-0.2, 0) is 21.7 Å². The zero-order chi connectivity index (χ0) is 20.6. The minimum atomic E-state index is -0.582. The molecule has 4 heterocycles. The number of para-hydroxylation sites is 1. The normalized spacial score (nSPS) is 20.0. The van der Waals surface area contributed by atoms with E-state index in [1.165, 1.54) is 0 Å². The highest BCUT2D eigenvalue weighted by Crippen LogP contribution is 2.40. The first-order valence-corrected chi connectivity index (χ1v) is 10.2. The van der Waals surface area contributed by atoms with E-state index in [0.717, 1.165) is 49.0 Å². The molecular weight excluding hydrogens is 380 g/mol. The summed E-state index contributed by atoms with van der Waals surface area (Å²) in [6.07, 6.45) is 8.24. The van der Waals surface area contributed by atoms with Crippen molar-refractivity contribution in [3.8, 4) is 0 Å². The Hall–Kier alpha value is -3.26. The van der Waals surface area contributed by atoms with Gasteiger partial charge in [-0.3, -0.25) is 4.79 Å². The second kappa shape index (κ2) is 7.53. The minimum absolute atomic E-state index is 0.135. The number of nitrogens with one attached hydrogen (secondary N) is 1. The number of hydrogen-bond acceptors (Lipinski definition) is 6. The van der Waals surface area contributed by atoms with Gasteiger partial charge in [0.1, 0.15) is 11.4 Å². The summed E-state index contributed by atoms with van der Waals surface area (Å²) in [6, 6.07) is 9.47. The summed E-state index contributed by atoms with van der Waals surface area (Å²) in [5.74, 6) is 1.49. The van der Waals surface area contributed by atoms with Crippen molar-refractivity contribution in [1.29, 1.82) is 0 Å². The molecule has 2 aromatic heterocycles. The molecule has 8 nitrogen and oxygen atoms in total. The number of amides is 1. The van der Waals surface area contributed by atoms with Gasteiger partial charge in [-0.05, 0) is 24.6 Å². The zero-order valence-corrected chi connectivity index (χ0v) is 16.9. The van der Waals surface area contributed by atoms with Crippen LogP contribution in [0.25, 0.3) is 0 Å². The molecule has 1 fully saturated rings. The molecule has 0 saturated carbocycles. The third-order valence-electron chi connectivity index (χ3n) is 5.81. The molecule has 0 radical (unpaired) electrons. The fraction of sp³-hybridized carbons (Fsp3) is 0.364. The monoisotopic (exact) mass is 404 g/mol. The van der Waals surface area contributed by atoms with Gasteiger partial charge in [0.05, 0.1) is 6.54 Å². The van der Waals surface area contributed by atoms with E-state index in [2.05, 4.69) is 29.7 Å². The van der Waals surface area contributed by atoms with E-state index >= 15 is 0 Å². The van der Waals surface area contributed by atoms with Crippen molar-refractivity contribution in [1.82, 2.24) is 19.5 Å². The summed E-state index contributed by atoms with van der Waals surface area (Å²) in [4.78, 5) is 28.6. The summed E-state index contributed by atoms with van der Waals surface area (Å²) in [6.45, 7) is 3.91. The lowest BCUT2D eigenvalue weighted by Crippen LogP contribution is -2.53. The van der Waals surface area contributed by atoms with Crippen molar-refractivity contribution in [3.63, 3.8) is 0 Å². The average Bonchev–Trinajstić information content (AvgIpc) is 3.26. The quantitative estimate of drug-likeness (QED) is 0.722. The molecule has 1 spiro atoms. The summed E-state index contributed by atoms with van der Waals surface area (Å²) in [5, 5.41) is 2.97. The van der Waals surface area contributed by atoms with Gasteiger partial charge in [0.15, 0.2) is 6.10 Å². The van der Waals surface area contributed by atoms with E-state index in [4.69, 9.17) is 4.74 Å². The number of carbonyl (C=O) groups excluding carboxylic acids is 1. The Bertz CT molecular complexity index is 1030. The van der Waals surface area contributed by atoms with Gasteiger partial charge >= 0.3 is 0 Å². The lowest BCUT2D eigenvalue weighted by molar-refractivity contribution is -0.162. The number of aromatic nitrogens is 4. The highest BCUT2D eigenvalue weighted by molar-refractivity contribution is 5.94. The highest BCUT2D eigenvalue weighted by atomic mass is 16.5. The van der Waals surface area contributed by atoms with Crippen LogP contribution < -0.4 is 10.2 Å². The molecule has 30 heavy (non-hydrogen) atoms. The average molecular weight is 404 g/mol. The van der Waals surface area contributed by atoms with Crippen molar-refractivity contribution in [2.45, 2.75) is 38.0 Å². The minimum Gasteiger partial charge on any atom is -0.352 e. The smallest absolute Gasteiger partial charge is 0.255 e. The first-order valence-electron chi connectivity index (χ1n) is 10.2. The number of piperidine rings is 1. The topological polar surface area (TPSA) is 85.2 Å². The SMILES string of the molecule is Cc1cnc(N2CCC3(CC2)OC(C(=O)Nc2ccccc2)Cn2ccnc23)nc1. The Labute approximate surface area is 174 Å². The van der Waals surface area contributed by atoms with Crippen LogP contribution in [0.1, 0.15) is 24.2 Å². The maximum atomic E-state index is 12.9. The second-order valence-electron chi connectivity index (χ2n) is 7.91. The first kappa shape index (κ1) is 18.7. The third kappa shape index (κ3) is 3.43. The summed E-state index contributed by atoms with van der Waals surface area (Å²) in [7, 11) is 0. The molecule has 0 bridgehead atoms. The summed E-state index contributed by atoms with van der Waals surface area (Å²) in [5.41, 5.74) is 1.22. The third-order valence-corrected chi connectivity index (χ3v) is 5.81. The molecule has 154 valence electrons. The van der Waals surface area contributed by atoms with Crippen LogP contribution in [0.2, 0.25) is 0 Å². The number of aryl methyl sites for hydroxylation is 1. The number of hydrogen-bond donors (Lipinski definition) is 1. The Balaban J connectivity index is 1.34. The van der Waals surface area contributed by atoms with E-state index in [1.807, 2.05) is 55.8 Å². The number of anilines is 2. The highest BCUT2D eigenvalue weighted by Gasteiger charge is 2.47. The van der Waals surface area contributed by atoms with E-state index in [9.17, 15) is 4.79 Å². The molecule has 2 aliphatic heterocycles. The number of rotatable bonds is 3. The van der Waals surface area contributed by atoms with Gasteiger partial charge in [-0.2, -0.15) is 0 Å². The zero-order valence-electron chi connectivity index (χ0n) is 16.9. The van der Waals surface area contributed by atoms with Gasteiger partial charge in [-0.15, -0.1) is 0 Å². The van der Waals surface area contributed by atoms with Gasteiger partial charge in [-0.1, -0.05) is 18.2 Å². The van der Waals surface area contributed by atoms with Gasteiger partial charge in [-0.25, -0.2) is 15.0 Å². The lowest BCUT2D eigenvalue weighted by atomic mass is 9.88. The fourth-order valence-electron chi connectivity index (χ4n) is 4.24. The largest absolute Gasteiger partial charge is 0.352 e. The molecule has 8 heteroatoms. The van der Waals surface area contributed by atoms with E-state index in [1.54, 1.807) is 6.20 Å². The lowest BCUT2D eigenvalue weighted by Gasteiger charge is -2.45. The number of imidazole rings is 1. The van der Waals surface area contributed by atoms with Crippen molar-refractivity contribution in [2.24, 2.45) is 0 Å². The van der Waals surface area contributed by atoms with Crippen LogP contribution in [0.5, 0.6) is 0 Å². The molecule has 2 aliphatic rings. The van der Waals surface area contributed by atoms with Crippen molar-refractivity contribution in [2.75, 3.05) is 23.3 Å². The Morgan fingerprint density at radius 1 is 1.13 bits per heavy atom. The molecule has 1 amide bonds. The predicted molar refractivity (Wildman–Crippen MR) is 112 cm³/mol. The van der Waals surface area contributed by atoms with Crippen LogP contribution in [0, 0.1) is 6.92 Å². The van der Waals surface area contributed by atoms with Crippen molar-refractivity contribution < 1.29 is 9.53 Å². The van der Waals surface area contributed by atoms with Gasteiger partial charge in [0.25, 0.3) is 5.91 Å². The standard InChI is InChI=1S/C22H24N6O2/c1-16-13-24-21(25-14-16)27-10-7-22(8-11-27)20-23-9-12-28(20)15-18(30-22)19(29)26-17-5-3-2-4-6-17/h2-6,9,12-14,18H,7-8,10-11,15H2,1H3,(H,26,29). The van der Waals surface area contributed by atoms with Crippen LogP contribution in [0.3, 0.4) is 0 Å². The maximum absolute atomic E-state index is 12.9. The number of fused-ring (bicyclic) bond motifs is 2. The fourth-order valence-corrected chi connectivity index (χ4v) is 4.24. The van der Waals surface area contributed by atoms with E-state index in [0.29, 0.717) is 6.54 Å². The van der Waals surface area contributed by atoms with Gasteiger partial charge in [0, 0.05) is 56.4 Å². The Morgan fingerprint density at radius 3 is 2.60 bits per heavy atom. The van der Waals surface area contributed by atoms with Gasteiger partial charge in [0.2, 0.25) is 5.95 Å². The number of carbonyl (C=O) groups is 1. The van der Waals surface area contributed by atoms with Crippen LogP contribution in [0.4, 0.5) is 11.6 Å². The van der Waals surface area contributed by atoms with E-state index < -0.39 is 11.7 Å². The molecule has 1 atom stereocenters. The van der Waals surface area contributed by atoms with Crippen LogP contribution in [-0.4, -0.2) is 44.6 Å². The molecule has 1 N–H and O–H groups in total. The Kier molecular flexibility index (Phi) is 4.71. The molecular formula is C22H24N6O2. The molecule has 1 saturated heterocycles. The first-order chi connectivity index (χ1) is 14.6. The van der Waals surface area contributed by atoms with Crippen LogP contribution >= 0.6 is 0 Å². The predicted octanol–water partition coefficient (Wildman–Crippen LogP) is 2.51. The molecule has 0 aliphatic carbocycles. The number of ether oxygens (including phenoxy) is 1. The molecule has 1 unspecified atom stereocenters. The van der Waals surface area contributed by atoms with Crippen molar-refractivity contribution in [3.05, 3.63) is 66.5 Å². The second-order valence-corrected chi connectivity index (χ2v) is 7.91. The summed E-state index contributed by atoms with van der Waals surface area (Å²) < 4.78 is 8.53. The molecule has 5 rings (SSSR count). The van der Waals surface area contributed by atoms with Crippen LogP contribution in [0.15, 0.2) is 55.1 Å².